The normalized spacial score (nSPS) is 10.8. The summed E-state index contributed by atoms with van der Waals surface area (Å²) in [5.41, 5.74) is 4.02. The second-order valence-corrected chi connectivity index (χ2v) is 4.59. The van der Waals surface area contributed by atoms with Crippen molar-refractivity contribution in [1.29, 1.82) is 0 Å². The number of Topliss-reactive ketones (excluding diaryl/α,β-unsaturated/α-hetero) is 1. The van der Waals surface area contributed by atoms with Crippen LogP contribution >= 0.6 is 0 Å². The van der Waals surface area contributed by atoms with Gasteiger partial charge in [-0.05, 0) is 31.4 Å². The molecule has 0 bridgehead atoms. The van der Waals surface area contributed by atoms with Gasteiger partial charge in [0.15, 0.2) is 5.78 Å². The Kier molecular flexibility index (Phi) is 3.75. The van der Waals surface area contributed by atoms with E-state index in [1.807, 2.05) is 24.3 Å². The SMILES string of the molecule is CCCc1nc2ccccc2c(C(C)=O)c1CC. The molecule has 1 aromatic carbocycles. The minimum Gasteiger partial charge on any atom is -0.294 e. The van der Waals surface area contributed by atoms with Crippen LogP contribution in [-0.4, -0.2) is 10.8 Å². The molecule has 0 aliphatic carbocycles. The molecule has 0 N–H and O–H groups in total. The summed E-state index contributed by atoms with van der Waals surface area (Å²) in [6, 6.07) is 7.92. The van der Waals surface area contributed by atoms with Crippen molar-refractivity contribution < 1.29 is 4.79 Å². The zero-order valence-electron chi connectivity index (χ0n) is 11.3. The number of fused-ring (bicyclic) bond motifs is 1. The fourth-order valence-corrected chi connectivity index (χ4v) is 2.53. The van der Waals surface area contributed by atoms with Crippen molar-refractivity contribution in [3.8, 4) is 0 Å². The Hall–Kier alpha value is -1.70. The molecule has 1 heterocycles. The lowest BCUT2D eigenvalue weighted by atomic mass is 9.94. The summed E-state index contributed by atoms with van der Waals surface area (Å²) in [7, 11) is 0. The molecule has 2 heteroatoms. The fourth-order valence-electron chi connectivity index (χ4n) is 2.53. The molecule has 2 aromatic rings. The topological polar surface area (TPSA) is 30.0 Å². The third-order valence-electron chi connectivity index (χ3n) is 3.27. The maximum Gasteiger partial charge on any atom is 0.160 e. The van der Waals surface area contributed by atoms with E-state index in [0.29, 0.717) is 0 Å². The Morgan fingerprint density at radius 3 is 2.56 bits per heavy atom. The van der Waals surface area contributed by atoms with Crippen molar-refractivity contribution in [2.75, 3.05) is 0 Å². The standard InChI is InChI=1S/C16H19NO/c1-4-8-14-12(5-2)16(11(3)18)13-9-6-7-10-15(13)17-14/h6-7,9-10H,4-5,8H2,1-3H3. The maximum atomic E-state index is 12.0. The molecule has 0 amide bonds. The molecule has 2 nitrogen and oxygen atoms in total. The van der Waals surface area contributed by atoms with E-state index in [2.05, 4.69) is 13.8 Å². The van der Waals surface area contributed by atoms with E-state index in [9.17, 15) is 4.79 Å². The average molecular weight is 241 g/mol. The van der Waals surface area contributed by atoms with Crippen molar-refractivity contribution in [2.45, 2.75) is 40.0 Å². The van der Waals surface area contributed by atoms with Crippen molar-refractivity contribution >= 4 is 16.7 Å². The molecule has 2 rings (SSSR count). The molecule has 18 heavy (non-hydrogen) atoms. The molecule has 0 radical (unpaired) electrons. The number of rotatable bonds is 4. The average Bonchev–Trinajstić information content (AvgIpc) is 2.37. The summed E-state index contributed by atoms with van der Waals surface area (Å²) in [5.74, 6) is 0.141. The molecule has 0 unspecified atom stereocenters. The van der Waals surface area contributed by atoms with Crippen LogP contribution in [0, 0.1) is 0 Å². The van der Waals surface area contributed by atoms with E-state index < -0.39 is 0 Å². The number of hydrogen-bond acceptors (Lipinski definition) is 2. The maximum absolute atomic E-state index is 12.0. The van der Waals surface area contributed by atoms with Crippen LogP contribution in [0.3, 0.4) is 0 Å². The minimum atomic E-state index is 0.141. The van der Waals surface area contributed by atoms with Crippen LogP contribution < -0.4 is 0 Å². The second-order valence-electron chi connectivity index (χ2n) is 4.59. The Balaban J connectivity index is 2.82. The number of carbonyl (C=O) groups excluding carboxylic acids is 1. The molecule has 0 aliphatic rings. The van der Waals surface area contributed by atoms with Crippen LogP contribution in [0.25, 0.3) is 10.9 Å². The number of carbonyl (C=O) groups is 1. The number of pyridine rings is 1. The number of para-hydroxylation sites is 1. The fraction of sp³-hybridized carbons (Fsp3) is 0.375. The largest absolute Gasteiger partial charge is 0.294 e. The van der Waals surface area contributed by atoms with Gasteiger partial charge in [0.2, 0.25) is 0 Å². The van der Waals surface area contributed by atoms with E-state index in [0.717, 1.165) is 47.0 Å². The highest BCUT2D eigenvalue weighted by atomic mass is 16.1. The highest BCUT2D eigenvalue weighted by Gasteiger charge is 2.15. The number of aryl methyl sites for hydroxylation is 1. The van der Waals surface area contributed by atoms with Crippen molar-refractivity contribution in [1.82, 2.24) is 4.98 Å². The third kappa shape index (κ3) is 2.15. The predicted molar refractivity (Wildman–Crippen MR) is 75.1 cm³/mol. The predicted octanol–water partition coefficient (Wildman–Crippen LogP) is 3.95. The van der Waals surface area contributed by atoms with E-state index >= 15 is 0 Å². The van der Waals surface area contributed by atoms with Crippen molar-refractivity contribution in [2.24, 2.45) is 0 Å². The van der Waals surface area contributed by atoms with Gasteiger partial charge in [0.25, 0.3) is 0 Å². The first-order valence-corrected chi connectivity index (χ1v) is 6.60. The van der Waals surface area contributed by atoms with Gasteiger partial charge in [-0.25, -0.2) is 0 Å². The summed E-state index contributed by atoms with van der Waals surface area (Å²) in [5, 5.41) is 0.988. The van der Waals surface area contributed by atoms with Crippen LogP contribution in [0.4, 0.5) is 0 Å². The van der Waals surface area contributed by atoms with Crippen LogP contribution in [0.2, 0.25) is 0 Å². The van der Waals surface area contributed by atoms with Crippen LogP contribution in [0.15, 0.2) is 24.3 Å². The van der Waals surface area contributed by atoms with Gasteiger partial charge in [-0.15, -0.1) is 0 Å². The van der Waals surface area contributed by atoms with Gasteiger partial charge in [0, 0.05) is 16.6 Å². The first-order chi connectivity index (χ1) is 8.69. The summed E-state index contributed by atoms with van der Waals surface area (Å²) >= 11 is 0. The number of hydrogen-bond donors (Lipinski definition) is 0. The van der Waals surface area contributed by atoms with E-state index in [-0.39, 0.29) is 5.78 Å². The van der Waals surface area contributed by atoms with Crippen LogP contribution in [0.1, 0.15) is 48.8 Å². The second kappa shape index (κ2) is 5.30. The molecule has 94 valence electrons. The van der Waals surface area contributed by atoms with Crippen molar-refractivity contribution in [3.05, 3.63) is 41.1 Å². The van der Waals surface area contributed by atoms with E-state index in [4.69, 9.17) is 4.98 Å². The molecule has 0 spiro atoms. The van der Waals surface area contributed by atoms with Gasteiger partial charge < -0.3 is 0 Å². The van der Waals surface area contributed by atoms with Gasteiger partial charge in [-0.1, -0.05) is 38.5 Å². The highest BCUT2D eigenvalue weighted by molar-refractivity contribution is 6.07. The lowest BCUT2D eigenvalue weighted by Gasteiger charge is -2.13. The highest BCUT2D eigenvalue weighted by Crippen LogP contribution is 2.25. The van der Waals surface area contributed by atoms with Crippen LogP contribution in [0.5, 0.6) is 0 Å². The number of ketones is 1. The van der Waals surface area contributed by atoms with Gasteiger partial charge in [-0.2, -0.15) is 0 Å². The van der Waals surface area contributed by atoms with E-state index in [1.165, 1.54) is 0 Å². The third-order valence-corrected chi connectivity index (χ3v) is 3.27. The smallest absolute Gasteiger partial charge is 0.160 e. The minimum absolute atomic E-state index is 0.141. The number of aromatic nitrogens is 1. The van der Waals surface area contributed by atoms with Crippen molar-refractivity contribution in [3.63, 3.8) is 0 Å². The summed E-state index contributed by atoms with van der Waals surface area (Å²) < 4.78 is 0. The molecule has 0 aliphatic heterocycles. The lowest BCUT2D eigenvalue weighted by molar-refractivity contribution is 0.101. The molecule has 0 saturated carbocycles. The molecule has 1 aromatic heterocycles. The van der Waals surface area contributed by atoms with Gasteiger partial charge in [-0.3, -0.25) is 9.78 Å². The first-order valence-electron chi connectivity index (χ1n) is 6.60. The molecule has 0 saturated heterocycles. The van der Waals surface area contributed by atoms with Gasteiger partial charge in [0.05, 0.1) is 5.52 Å². The Bertz CT molecular complexity index is 587. The zero-order chi connectivity index (χ0) is 13.1. The molecule has 0 fully saturated rings. The Labute approximate surface area is 108 Å². The molecule has 0 atom stereocenters. The molecular formula is C16H19NO. The summed E-state index contributed by atoms with van der Waals surface area (Å²) in [4.78, 5) is 16.7. The molecular weight excluding hydrogens is 222 g/mol. The summed E-state index contributed by atoms with van der Waals surface area (Å²) in [6.07, 6.45) is 2.85. The first kappa shape index (κ1) is 12.7. The Morgan fingerprint density at radius 1 is 1.22 bits per heavy atom. The van der Waals surface area contributed by atoms with Crippen LogP contribution in [-0.2, 0) is 12.8 Å². The number of nitrogens with zero attached hydrogens (tertiary/aromatic N) is 1. The monoisotopic (exact) mass is 241 g/mol. The van der Waals surface area contributed by atoms with E-state index in [1.54, 1.807) is 6.92 Å². The quantitative estimate of drug-likeness (QED) is 0.758. The number of benzene rings is 1. The van der Waals surface area contributed by atoms with Gasteiger partial charge in [0.1, 0.15) is 0 Å². The zero-order valence-corrected chi connectivity index (χ0v) is 11.3. The lowest BCUT2D eigenvalue weighted by Crippen LogP contribution is -2.07. The Morgan fingerprint density at radius 2 is 1.94 bits per heavy atom. The summed E-state index contributed by atoms with van der Waals surface area (Å²) in [6.45, 7) is 5.89. The van der Waals surface area contributed by atoms with Gasteiger partial charge >= 0.3 is 0 Å².